The van der Waals surface area contributed by atoms with Crippen LogP contribution in [0.25, 0.3) is 5.82 Å². The molecule has 1 aliphatic rings. The van der Waals surface area contributed by atoms with Gasteiger partial charge in [-0.2, -0.15) is 23.5 Å². The fraction of sp³-hybridized carbons (Fsp3) is 0.273. The zero-order valence-electron chi connectivity index (χ0n) is 17.5. The molecule has 2 aromatic heterocycles. The van der Waals surface area contributed by atoms with Crippen molar-refractivity contribution in [2.45, 2.75) is 39.2 Å². The summed E-state index contributed by atoms with van der Waals surface area (Å²) in [6.45, 7) is 3.02. The number of hydrogen-bond donors (Lipinski definition) is 0. The van der Waals surface area contributed by atoms with E-state index in [4.69, 9.17) is 16.3 Å². The summed E-state index contributed by atoms with van der Waals surface area (Å²) in [5.41, 5.74) is 2.00. The molecule has 0 saturated heterocycles. The van der Waals surface area contributed by atoms with E-state index in [9.17, 15) is 23.2 Å². The monoisotopic (exact) mass is 475 g/mol. The van der Waals surface area contributed by atoms with E-state index < -0.39 is 18.2 Å². The van der Waals surface area contributed by atoms with Gasteiger partial charge in [-0.05, 0) is 37.6 Å². The number of pyridine rings is 1. The lowest BCUT2D eigenvalue weighted by Crippen LogP contribution is -2.33. The number of rotatable bonds is 4. The topological polar surface area (TPSA) is 84.0 Å². The Kier molecular flexibility index (Phi) is 5.76. The molecule has 3 aromatic rings. The minimum Gasteiger partial charge on any atom is -0.480 e. The van der Waals surface area contributed by atoms with Crippen LogP contribution >= 0.6 is 11.6 Å². The van der Waals surface area contributed by atoms with E-state index in [2.05, 4.69) is 10.1 Å². The van der Waals surface area contributed by atoms with Crippen molar-refractivity contribution >= 4 is 17.5 Å². The molecule has 1 aliphatic heterocycles. The zero-order chi connectivity index (χ0) is 23.9. The summed E-state index contributed by atoms with van der Waals surface area (Å²) < 4.78 is 45.8. The number of hydrogen-bond acceptors (Lipinski definition) is 5. The van der Waals surface area contributed by atoms with Crippen LogP contribution in [0.2, 0.25) is 5.02 Å². The Labute approximate surface area is 192 Å². The average molecular weight is 476 g/mol. The summed E-state index contributed by atoms with van der Waals surface area (Å²) in [5, 5.41) is 13.5. The number of ether oxygens (including phenoxy) is 1. The summed E-state index contributed by atoms with van der Waals surface area (Å²) in [4.78, 5) is 19.0. The molecule has 1 amide bonds. The lowest BCUT2D eigenvalue weighted by molar-refractivity contribution is -0.189. The molecule has 11 heteroatoms. The first-order valence-corrected chi connectivity index (χ1v) is 10.2. The van der Waals surface area contributed by atoms with Crippen molar-refractivity contribution in [1.82, 2.24) is 19.7 Å². The smallest absolute Gasteiger partial charge is 0.425 e. The van der Waals surface area contributed by atoms with Gasteiger partial charge < -0.3 is 9.64 Å². The minimum absolute atomic E-state index is 0.0419. The first-order valence-electron chi connectivity index (χ1n) is 9.84. The molecule has 1 atom stereocenters. The number of amides is 1. The fourth-order valence-corrected chi connectivity index (χ4v) is 3.76. The molecule has 1 unspecified atom stereocenters. The van der Waals surface area contributed by atoms with Crippen LogP contribution in [-0.4, -0.2) is 37.9 Å². The lowest BCUT2D eigenvalue weighted by Gasteiger charge is -2.23. The van der Waals surface area contributed by atoms with Crippen molar-refractivity contribution in [3.05, 3.63) is 69.6 Å². The molecule has 170 valence electrons. The number of aromatic nitrogens is 3. The molecule has 0 spiro atoms. The van der Waals surface area contributed by atoms with Crippen LogP contribution < -0.4 is 4.74 Å². The predicted molar refractivity (Wildman–Crippen MR) is 112 cm³/mol. The van der Waals surface area contributed by atoms with Crippen molar-refractivity contribution in [3.63, 3.8) is 0 Å². The number of benzene rings is 1. The highest BCUT2D eigenvalue weighted by molar-refractivity contribution is 6.35. The van der Waals surface area contributed by atoms with Gasteiger partial charge in [-0.15, -0.1) is 0 Å². The molecule has 33 heavy (non-hydrogen) atoms. The molecule has 0 radical (unpaired) electrons. The van der Waals surface area contributed by atoms with Gasteiger partial charge >= 0.3 is 6.18 Å². The summed E-state index contributed by atoms with van der Waals surface area (Å²) in [7, 11) is 0. The van der Waals surface area contributed by atoms with Crippen LogP contribution in [0, 0.1) is 18.3 Å². The third kappa shape index (κ3) is 4.24. The second-order valence-corrected chi connectivity index (χ2v) is 7.94. The molecule has 0 N–H and O–H groups in total. The van der Waals surface area contributed by atoms with E-state index in [1.54, 1.807) is 17.1 Å². The van der Waals surface area contributed by atoms with Crippen LogP contribution in [0.4, 0.5) is 13.2 Å². The van der Waals surface area contributed by atoms with Crippen LogP contribution in [0.5, 0.6) is 5.75 Å². The maximum absolute atomic E-state index is 13.3. The number of nitrogens with zero attached hydrogens (tertiary/aromatic N) is 5. The Bertz CT molecular complexity index is 1260. The Balaban J connectivity index is 1.63. The lowest BCUT2D eigenvalue weighted by atomic mass is 10.1. The summed E-state index contributed by atoms with van der Waals surface area (Å²) in [6.07, 6.45) is -3.40. The quantitative estimate of drug-likeness (QED) is 0.551. The number of carbonyl (C=O) groups is 1. The molecule has 0 fully saturated rings. The third-order valence-corrected chi connectivity index (χ3v) is 5.66. The normalized spacial score (nSPS) is 14.0. The fourth-order valence-electron chi connectivity index (χ4n) is 3.48. The summed E-state index contributed by atoms with van der Waals surface area (Å²) in [6, 6.07) is 7.92. The number of fused-ring (bicyclic) bond motifs is 1. The van der Waals surface area contributed by atoms with Gasteiger partial charge in [-0.3, -0.25) is 4.79 Å². The van der Waals surface area contributed by atoms with E-state index in [0.29, 0.717) is 11.5 Å². The van der Waals surface area contributed by atoms with E-state index in [-0.39, 0.29) is 35.0 Å². The number of nitriles is 1. The van der Waals surface area contributed by atoms with Gasteiger partial charge in [0.15, 0.2) is 11.9 Å². The Morgan fingerprint density at radius 1 is 1.30 bits per heavy atom. The number of carbonyl (C=O) groups excluding carboxylic acids is 1. The van der Waals surface area contributed by atoms with Crippen molar-refractivity contribution in [1.29, 1.82) is 5.26 Å². The molecule has 3 heterocycles. The van der Waals surface area contributed by atoms with Crippen molar-refractivity contribution in [3.8, 4) is 17.6 Å². The number of alkyl halides is 3. The maximum atomic E-state index is 13.3. The highest BCUT2D eigenvalue weighted by atomic mass is 35.5. The highest BCUT2D eigenvalue weighted by Crippen LogP contribution is 2.36. The van der Waals surface area contributed by atoms with E-state index in [1.165, 1.54) is 11.0 Å². The first-order chi connectivity index (χ1) is 15.6. The van der Waals surface area contributed by atoms with Crippen LogP contribution in [0.3, 0.4) is 0 Å². The second kappa shape index (κ2) is 8.41. The molecule has 0 aliphatic carbocycles. The molecular formula is C22H17ClF3N5O2. The molecule has 0 bridgehead atoms. The summed E-state index contributed by atoms with van der Waals surface area (Å²) >= 11 is 6.23. The number of halogens is 4. The second-order valence-electron chi connectivity index (χ2n) is 7.56. The molecule has 4 rings (SSSR count). The standard InChI is InChI=1S/C22H17ClF3N5O2/c1-12-4-3-7-28-20(12)31-10-15-9-30(11-16(15)29-31)21(32)18-17(33-13(2)22(24,25)26)6-5-14(8-27)19(18)23/h3-7,10,13H,9,11H2,1-2H3. The van der Waals surface area contributed by atoms with Crippen molar-refractivity contribution in [2.24, 2.45) is 0 Å². The van der Waals surface area contributed by atoms with Gasteiger partial charge in [0.1, 0.15) is 17.4 Å². The third-order valence-electron chi connectivity index (χ3n) is 5.27. The Morgan fingerprint density at radius 2 is 2.06 bits per heavy atom. The van der Waals surface area contributed by atoms with E-state index in [0.717, 1.165) is 24.1 Å². The molecule has 0 saturated carbocycles. The van der Waals surface area contributed by atoms with Gasteiger partial charge in [-0.1, -0.05) is 17.7 Å². The van der Waals surface area contributed by atoms with Crippen LogP contribution in [0.1, 0.15) is 39.7 Å². The first kappa shape index (κ1) is 22.6. The van der Waals surface area contributed by atoms with Gasteiger partial charge in [-0.25, -0.2) is 9.67 Å². The summed E-state index contributed by atoms with van der Waals surface area (Å²) in [5.74, 6) is -0.334. The number of aryl methyl sites for hydroxylation is 1. The van der Waals surface area contributed by atoms with Gasteiger partial charge in [0, 0.05) is 24.5 Å². The Morgan fingerprint density at radius 3 is 2.70 bits per heavy atom. The van der Waals surface area contributed by atoms with Gasteiger partial charge in [0.05, 0.1) is 22.8 Å². The van der Waals surface area contributed by atoms with E-state index >= 15 is 0 Å². The average Bonchev–Trinajstić information content (AvgIpc) is 3.32. The highest BCUT2D eigenvalue weighted by Gasteiger charge is 2.39. The minimum atomic E-state index is -4.64. The SMILES string of the molecule is Cc1cccnc1-n1cc2c(n1)CN(C(=O)c1c(OC(C)C(F)(F)F)ccc(C#N)c1Cl)C2. The molecule has 1 aromatic carbocycles. The van der Waals surface area contributed by atoms with Crippen LogP contribution in [0.15, 0.2) is 36.7 Å². The van der Waals surface area contributed by atoms with Crippen molar-refractivity contribution < 1.29 is 22.7 Å². The van der Waals surface area contributed by atoms with Gasteiger partial charge in [0.25, 0.3) is 5.91 Å². The van der Waals surface area contributed by atoms with Crippen LogP contribution in [-0.2, 0) is 13.1 Å². The molecular weight excluding hydrogens is 459 g/mol. The zero-order valence-corrected chi connectivity index (χ0v) is 18.3. The molecule has 7 nitrogen and oxygen atoms in total. The maximum Gasteiger partial charge on any atom is 0.425 e. The van der Waals surface area contributed by atoms with Gasteiger partial charge in [0.2, 0.25) is 0 Å². The largest absolute Gasteiger partial charge is 0.480 e. The van der Waals surface area contributed by atoms with E-state index in [1.807, 2.05) is 25.1 Å². The predicted octanol–water partition coefficient (Wildman–Crippen LogP) is 4.59. The Hall–Kier alpha value is -3.58. The van der Waals surface area contributed by atoms with Crippen molar-refractivity contribution in [2.75, 3.05) is 0 Å².